The second-order valence-corrected chi connectivity index (χ2v) is 4.31. The minimum absolute atomic E-state index is 0.133. The fraction of sp³-hybridized carbons (Fsp3) is 0.636. The molecule has 0 saturated heterocycles. The summed E-state index contributed by atoms with van der Waals surface area (Å²) in [7, 11) is 0. The molecule has 0 radical (unpaired) electrons. The van der Waals surface area contributed by atoms with E-state index in [1.807, 2.05) is 19.4 Å². The van der Waals surface area contributed by atoms with E-state index < -0.39 is 5.97 Å². The lowest BCUT2D eigenvalue weighted by Crippen LogP contribution is -2.22. The van der Waals surface area contributed by atoms with Crippen molar-refractivity contribution in [2.75, 3.05) is 0 Å². The monoisotopic (exact) mass is 208 g/mol. The van der Waals surface area contributed by atoms with Crippen LogP contribution in [-0.4, -0.2) is 20.6 Å². The number of carbonyl (C=O) groups is 1. The number of carboxylic acid groups (broad SMARTS) is 1. The molecule has 1 heterocycles. The molecule has 1 aliphatic carbocycles. The number of imidazole rings is 1. The van der Waals surface area contributed by atoms with Crippen molar-refractivity contribution in [1.82, 2.24) is 9.55 Å². The van der Waals surface area contributed by atoms with E-state index in [1.54, 1.807) is 0 Å². The first-order chi connectivity index (χ1) is 7.16. The molecule has 15 heavy (non-hydrogen) atoms. The Morgan fingerprint density at radius 2 is 2.13 bits per heavy atom. The summed E-state index contributed by atoms with van der Waals surface area (Å²) in [5.74, 6) is -0.777. The van der Waals surface area contributed by atoms with Gasteiger partial charge >= 0.3 is 5.97 Å². The van der Waals surface area contributed by atoms with Crippen LogP contribution in [0.3, 0.4) is 0 Å². The zero-order valence-electron chi connectivity index (χ0n) is 8.89. The average molecular weight is 208 g/mol. The van der Waals surface area contributed by atoms with Crippen LogP contribution < -0.4 is 0 Å². The van der Waals surface area contributed by atoms with E-state index >= 15 is 0 Å². The predicted octanol–water partition coefficient (Wildman–Crippen LogP) is 2.01. The third kappa shape index (κ3) is 2.19. The summed E-state index contributed by atoms with van der Waals surface area (Å²) in [6.45, 7) is 1.97. The lowest BCUT2D eigenvalue weighted by molar-refractivity contribution is -0.143. The summed E-state index contributed by atoms with van der Waals surface area (Å²) in [6, 6.07) is 0.446. The Balaban J connectivity index is 1.96. The van der Waals surface area contributed by atoms with Crippen LogP contribution in [0.1, 0.15) is 37.4 Å². The third-order valence-corrected chi connectivity index (χ3v) is 3.20. The predicted molar refractivity (Wildman–Crippen MR) is 55.6 cm³/mol. The van der Waals surface area contributed by atoms with E-state index in [9.17, 15) is 4.79 Å². The molecule has 0 atom stereocenters. The Morgan fingerprint density at radius 3 is 2.60 bits per heavy atom. The molecule has 0 unspecified atom stereocenters. The van der Waals surface area contributed by atoms with Crippen LogP contribution in [0, 0.1) is 12.8 Å². The molecule has 0 spiro atoms. The molecule has 0 bridgehead atoms. The van der Waals surface area contributed by atoms with Crippen molar-refractivity contribution >= 4 is 5.97 Å². The minimum Gasteiger partial charge on any atom is -0.481 e. The highest BCUT2D eigenvalue weighted by Gasteiger charge is 2.26. The van der Waals surface area contributed by atoms with Gasteiger partial charge in [0.15, 0.2) is 0 Å². The Morgan fingerprint density at radius 1 is 1.47 bits per heavy atom. The molecule has 1 aromatic rings. The van der Waals surface area contributed by atoms with Gasteiger partial charge in [0, 0.05) is 12.2 Å². The molecule has 1 aromatic heterocycles. The van der Waals surface area contributed by atoms with Gasteiger partial charge in [-0.2, -0.15) is 0 Å². The Kier molecular flexibility index (Phi) is 2.75. The molecule has 82 valence electrons. The van der Waals surface area contributed by atoms with Crippen LogP contribution in [0.5, 0.6) is 0 Å². The first kappa shape index (κ1) is 10.2. The van der Waals surface area contributed by atoms with Gasteiger partial charge in [-0.05, 0) is 32.6 Å². The summed E-state index contributed by atoms with van der Waals surface area (Å²) in [6.07, 6.45) is 7.36. The van der Waals surface area contributed by atoms with E-state index in [-0.39, 0.29) is 5.92 Å². The van der Waals surface area contributed by atoms with E-state index in [0.29, 0.717) is 6.04 Å². The number of aromatic nitrogens is 2. The molecule has 1 fully saturated rings. The Labute approximate surface area is 88.9 Å². The van der Waals surface area contributed by atoms with Gasteiger partial charge < -0.3 is 9.67 Å². The minimum atomic E-state index is -0.643. The van der Waals surface area contributed by atoms with E-state index in [0.717, 1.165) is 31.4 Å². The van der Waals surface area contributed by atoms with E-state index in [1.165, 1.54) is 0 Å². The maximum Gasteiger partial charge on any atom is 0.306 e. The van der Waals surface area contributed by atoms with Crippen molar-refractivity contribution < 1.29 is 9.90 Å². The standard InChI is InChI=1S/C11H16N2O2/c1-8-6-13(7-12-8)10-4-2-9(3-5-10)11(14)15/h6-7,9-10H,2-5H2,1H3,(H,14,15). The Bertz CT molecular complexity index is 351. The second-order valence-electron chi connectivity index (χ2n) is 4.31. The van der Waals surface area contributed by atoms with E-state index in [2.05, 4.69) is 9.55 Å². The van der Waals surface area contributed by atoms with Crippen molar-refractivity contribution in [3.05, 3.63) is 18.2 Å². The molecular weight excluding hydrogens is 192 g/mol. The van der Waals surface area contributed by atoms with Crippen LogP contribution in [0.2, 0.25) is 0 Å². The van der Waals surface area contributed by atoms with Gasteiger partial charge in [0.2, 0.25) is 0 Å². The highest BCUT2D eigenvalue weighted by atomic mass is 16.4. The van der Waals surface area contributed by atoms with Crippen molar-refractivity contribution in [3.63, 3.8) is 0 Å². The number of hydrogen-bond acceptors (Lipinski definition) is 2. The number of rotatable bonds is 2. The smallest absolute Gasteiger partial charge is 0.306 e. The third-order valence-electron chi connectivity index (χ3n) is 3.20. The van der Waals surface area contributed by atoms with Gasteiger partial charge in [0.1, 0.15) is 0 Å². The first-order valence-electron chi connectivity index (χ1n) is 5.39. The topological polar surface area (TPSA) is 55.1 Å². The number of hydrogen-bond donors (Lipinski definition) is 1. The van der Waals surface area contributed by atoms with Gasteiger partial charge in [-0.3, -0.25) is 4.79 Å². The molecule has 1 saturated carbocycles. The normalized spacial score (nSPS) is 26.5. The van der Waals surface area contributed by atoms with Crippen molar-refractivity contribution in [2.45, 2.75) is 38.6 Å². The van der Waals surface area contributed by atoms with Crippen LogP contribution >= 0.6 is 0 Å². The maximum atomic E-state index is 10.8. The number of nitrogens with zero attached hydrogens (tertiary/aromatic N) is 2. The lowest BCUT2D eigenvalue weighted by Gasteiger charge is -2.26. The molecule has 1 aliphatic rings. The highest BCUT2D eigenvalue weighted by Crippen LogP contribution is 2.32. The summed E-state index contributed by atoms with van der Waals surface area (Å²) < 4.78 is 2.12. The van der Waals surface area contributed by atoms with Gasteiger partial charge in [-0.15, -0.1) is 0 Å². The van der Waals surface area contributed by atoms with Crippen LogP contribution in [-0.2, 0) is 4.79 Å². The summed E-state index contributed by atoms with van der Waals surface area (Å²) in [5.41, 5.74) is 1.02. The zero-order chi connectivity index (χ0) is 10.8. The first-order valence-corrected chi connectivity index (χ1v) is 5.39. The van der Waals surface area contributed by atoms with E-state index in [4.69, 9.17) is 5.11 Å². The van der Waals surface area contributed by atoms with Gasteiger partial charge in [-0.25, -0.2) is 4.98 Å². The maximum absolute atomic E-state index is 10.8. The molecule has 1 N–H and O–H groups in total. The lowest BCUT2D eigenvalue weighted by atomic mass is 9.86. The fourth-order valence-electron chi connectivity index (χ4n) is 2.26. The SMILES string of the molecule is Cc1cn(C2CCC(C(=O)O)CC2)cn1. The van der Waals surface area contributed by atoms with Crippen LogP contribution in [0.25, 0.3) is 0 Å². The highest BCUT2D eigenvalue weighted by molar-refractivity contribution is 5.70. The summed E-state index contributed by atoms with van der Waals surface area (Å²) in [4.78, 5) is 15.0. The van der Waals surface area contributed by atoms with Crippen LogP contribution in [0.4, 0.5) is 0 Å². The number of aryl methyl sites for hydroxylation is 1. The van der Waals surface area contributed by atoms with Crippen molar-refractivity contribution in [1.29, 1.82) is 0 Å². The Hall–Kier alpha value is -1.32. The molecule has 4 heteroatoms. The molecule has 0 aliphatic heterocycles. The molecule has 4 nitrogen and oxygen atoms in total. The molecular formula is C11H16N2O2. The molecule has 2 rings (SSSR count). The van der Waals surface area contributed by atoms with Crippen molar-refractivity contribution in [2.24, 2.45) is 5.92 Å². The number of carboxylic acids is 1. The molecule has 0 amide bonds. The summed E-state index contributed by atoms with van der Waals surface area (Å²) in [5, 5.41) is 8.88. The van der Waals surface area contributed by atoms with Crippen molar-refractivity contribution in [3.8, 4) is 0 Å². The number of aliphatic carboxylic acids is 1. The zero-order valence-corrected chi connectivity index (χ0v) is 8.89. The second kappa shape index (κ2) is 4.04. The average Bonchev–Trinajstić information content (AvgIpc) is 2.65. The quantitative estimate of drug-likeness (QED) is 0.808. The molecule has 0 aromatic carbocycles. The van der Waals surface area contributed by atoms with Gasteiger partial charge in [0.25, 0.3) is 0 Å². The van der Waals surface area contributed by atoms with Gasteiger partial charge in [0.05, 0.1) is 17.9 Å². The largest absolute Gasteiger partial charge is 0.481 e. The fourth-order valence-corrected chi connectivity index (χ4v) is 2.26. The summed E-state index contributed by atoms with van der Waals surface area (Å²) >= 11 is 0. The van der Waals surface area contributed by atoms with Gasteiger partial charge in [-0.1, -0.05) is 0 Å². The van der Waals surface area contributed by atoms with Crippen LogP contribution in [0.15, 0.2) is 12.5 Å².